The van der Waals surface area contributed by atoms with E-state index in [4.69, 9.17) is 9.47 Å². The van der Waals surface area contributed by atoms with Crippen molar-refractivity contribution in [2.24, 2.45) is 0 Å². The van der Waals surface area contributed by atoms with Crippen LogP contribution in [0.2, 0.25) is 0 Å². The number of hydrogen-bond acceptors (Lipinski definition) is 4. The maximum Gasteiger partial charge on any atom is 0.407 e. The molecule has 0 aliphatic rings. The number of hydrogen-bond donors (Lipinski definition) is 2. The smallest absolute Gasteiger partial charge is 0.407 e. The fourth-order valence-electron chi connectivity index (χ4n) is 2.83. The molecule has 0 saturated heterocycles. The van der Waals surface area contributed by atoms with Crippen LogP contribution in [0.5, 0.6) is 0 Å². The van der Waals surface area contributed by atoms with E-state index in [0.717, 1.165) is 11.1 Å². The number of nitrogens with one attached hydrogen (secondary N) is 2. The van der Waals surface area contributed by atoms with Gasteiger partial charge in [-0.2, -0.15) is 0 Å². The van der Waals surface area contributed by atoms with Crippen LogP contribution in [-0.4, -0.2) is 23.9 Å². The van der Waals surface area contributed by atoms with E-state index in [1.165, 1.54) is 0 Å². The van der Waals surface area contributed by atoms with Gasteiger partial charge in [-0.05, 0) is 31.9 Å². The summed E-state index contributed by atoms with van der Waals surface area (Å²) >= 11 is 0. The van der Waals surface area contributed by atoms with E-state index in [-0.39, 0.29) is 0 Å². The van der Waals surface area contributed by atoms with Gasteiger partial charge < -0.3 is 20.1 Å². The summed E-state index contributed by atoms with van der Waals surface area (Å²) in [5, 5.41) is 5.44. The molecule has 2 N–H and O–H groups in total. The molecule has 0 saturated carbocycles. The summed E-state index contributed by atoms with van der Waals surface area (Å²) in [4.78, 5) is 24.0. The van der Waals surface area contributed by atoms with Crippen molar-refractivity contribution in [3.05, 3.63) is 71.8 Å². The quantitative estimate of drug-likeness (QED) is 0.707. The molecule has 1 atom stereocenters. The number of amides is 2. The molecule has 2 aromatic rings. The molecule has 0 radical (unpaired) electrons. The molecule has 0 aliphatic heterocycles. The van der Waals surface area contributed by atoms with Crippen molar-refractivity contribution >= 4 is 12.2 Å². The topological polar surface area (TPSA) is 76.7 Å². The van der Waals surface area contributed by atoms with E-state index in [9.17, 15) is 9.59 Å². The number of benzene rings is 2. The fraction of sp³-hybridized carbons (Fsp3) is 0.364. The van der Waals surface area contributed by atoms with Crippen LogP contribution in [0.4, 0.5) is 9.59 Å². The average Bonchev–Trinajstić information content (AvgIpc) is 2.65. The highest BCUT2D eigenvalue weighted by Crippen LogP contribution is 2.19. The van der Waals surface area contributed by atoms with Gasteiger partial charge >= 0.3 is 12.2 Å². The lowest BCUT2D eigenvalue weighted by atomic mass is 10.0. The van der Waals surface area contributed by atoms with Crippen LogP contribution in [0.1, 0.15) is 38.3 Å². The van der Waals surface area contributed by atoms with E-state index in [1.807, 2.05) is 60.7 Å². The van der Waals surface area contributed by atoms with Crippen molar-refractivity contribution in [2.45, 2.75) is 52.0 Å². The van der Waals surface area contributed by atoms with Crippen LogP contribution in [0, 0.1) is 0 Å². The first-order valence-electron chi connectivity index (χ1n) is 9.33. The lowest BCUT2D eigenvalue weighted by Gasteiger charge is -2.28. The van der Waals surface area contributed by atoms with Crippen LogP contribution in [0.25, 0.3) is 0 Å². The number of alkyl carbamates (subject to hydrolysis) is 2. The summed E-state index contributed by atoms with van der Waals surface area (Å²) in [6, 6.07) is 19.2. The zero-order valence-corrected chi connectivity index (χ0v) is 16.6. The summed E-state index contributed by atoms with van der Waals surface area (Å²) in [6.07, 6.45) is -1.03. The van der Waals surface area contributed by atoms with Crippen molar-refractivity contribution in [1.82, 2.24) is 10.6 Å². The molecule has 0 aliphatic carbocycles. The van der Waals surface area contributed by atoms with Gasteiger partial charge in [0.2, 0.25) is 0 Å². The highest BCUT2D eigenvalue weighted by atomic mass is 16.6. The predicted molar refractivity (Wildman–Crippen MR) is 108 cm³/mol. The molecule has 6 heteroatoms. The van der Waals surface area contributed by atoms with Crippen LogP contribution >= 0.6 is 0 Å². The molecular weight excluding hydrogens is 356 g/mol. The van der Waals surface area contributed by atoms with Crippen LogP contribution in [0.15, 0.2) is 60.7 Å². The Kier molecular flexibility index (Phi) is 7.87. The van der Waals surface area contributed by atoms with E-state index in [1.54, 1.807) is 20.8 Å². The SMILES string of the molecule is CC(CC(C)(C)OC(=O)NCc1ccccc1)OC(=O)NCc1ccccc1. The molecule has 28 heavy (non-hydrogen) atoms. The zero-order valence-electron chi connectivity index (χ0n) is 16.6. The predicted octanol–water partition coefficient (Wildman–Crippen LogP) is 4.40. The molecule has 0 spiro atoms. The number of ether oxygens (including phenoxy) is 2. The Balaban J connectivity index is 1.70. The number of carbonyl (C=O) groups excluding carboxylic acids is 2. The van der Waals surface area contributed by atoms with Crippen LogP contribution in [-0.2, 0) is 22.6 Å². The first-order valence-corrected chi connectivity index (χ1v) is 9.33. The van der Waals surface area contributed by atoms with E-state index in [0.29, 0.717) is 19.5 Å². The Morgan fingerprint density at radius 2 is 1.32 bits per heavy atom. The summed E-state index contributed by atoms with van der Waals surface area (Å²) in [7, 11) is 0. The van der Waals surface area contributed by atoms with E-state index >= 15 is 0 Å². The Labute approximate surface area is 166 Å². The van der Waals surface area contributed by atoms with Gasteiger partial charge in [0, 0.05) is 19.5 Å². The van der Waals surface area contributed by atoms with Crippen molar-refractivity contribution in [3.8, 4) is 0 Å². The maximum absolute atomic E-state index is 12.0. The Morgan fingerprint density at radius 3 is 1.82 bits per heavy atom. The third kappa shape index (κ3) is 8.12. The Hall–Kier alpha value is -3.02. The zero-order chi connectivity index (χ0) is 20.4. The Bertz CT molecular complexity index is 748. The van der Waals surface area contributed by atoms with E-state index < -0.39 is 23.9 Å². The first kappa shape index (κ1) is 21.3. The molecule has 0 aromatic heterocycles. The highest BCUT2D eigenvalue weighted by Gasteiger charge is 2.27. The third-order valence-electron chi connectivity index (χ3n) is 4.02. The largest absolute Gasteiger partial charge is 0.446 e. The van der Waals surface area contributed by atoms with Crippen LogP contribution in [0.3, 0.4) is 0 Å². The van der Waals surface area contributed by atoms with Gasteiger partial charge in [-0.1, -0.05) is 60.7 Å². The van der Waals surface area contributed by atoms with Gasteiger partial charge in [0.25, 0.3) is 0 Å². The van der Waals surface area contributed by atoms with Crippen LogP contribution < -0.4 is 10.6 Å². The second-order valence-electron chi connectivity index (χ2n) is 7.25. The molecule has 2 amide bonds. The lowest BCUT2D eigenvalue weighted by molar-refractivity contribution is -0.00244. The minimum Gasteiger partial charge on any atom is -0.446 e. The summed E-state index contributed by atoms with van der Waals surface area (Å²) < 4.78 is 10.8. The molecule has 6 nitrogen and oxygen atoms in total. The minimum absolute atomic E-state index is 0.379. The third-order valence-corrected chi connectivity index (χ3v) is 4.02. The van der Waals surface area contributed by atoms with E-state index in [2.05, 4.69) is 10.6 Å². The van der Waals surface area contributed by atoms with Gasteiger partial charge in [-0.3, -0.25) is 0 Å². The monoisotopic (exact) mass is 384 g/mol. The normalized spacial score (nSPS) is 12.0. The summed E-state index contributed by atoms with van der Waals surface area (Å²) in [6.45, 7) is 6.14. The second kappa shape index (κ2) is 10.3. The number of rotatable bonds is 8. The Morgan fingerprint density at radius 1 is 0.857 bits per heavy atom. The van der Waals surface area contributed by atoms with Crippen molar-refractivity contribution in [1.29, 1.82) is 0 Å². The molecule has 0 bridgehead atoms. The van der Waals surface area contributed by atoms with Gasteiger partial charge in [-0.25, -0.2) is 9.59 Å². The van der Waals surface area contributed by atoms with Crippen molar-refractivity contribution < 1.29 is 19.1 Å². The molecule has 1 unspecified atom stereocenters. The molecular formula is C22H28N2O4. The molecule has 0 fully saturated rings. The first-order chi connectivity index (χ1) is 13.3. The van der Waals surface area contributed by atoms with Gasteiger partial charge in [0.15, 0.2) is 0 Å². The molecule has 2 aromatic carbocycles. The molecule has 2 rings (SSSR count). The van der Waals surface area contributed by atoms with Gasteiger partial charge in [0.05, 0.1) is 0 Å². The van der Waals surface area contributed by atoms with Gasteiger partial charge in [0.1, 0.15) is 11.7 Å². The standard InChI is InChI=1S/C22H28N2O4/c1-17(27-20(25)23-15-18-10-6-4-7-11-18)14-22(2,3)28-21(26)24-16-19-12-8-5-9-13-19/h4-13,17H,14-16H2,1-3H3,(H,23,25)(H,24,26). The molecule has 0 heterocycles. The summed E-state index contributed by atoms with van der Waals surface area (Å²) in [5.74, 6) is 0. The second-order valence-corrected chi connectivity index (χ2v) is 7.25. The van der Waals surface area contributed by atoms with Crippen molar-refractivity contribution in [3.63, 3.8) is 0 Å². The average molecular weight is 384 g/mol. The molecule has 150 valence electrons. The van der Waals surface area contributed by atoms with Gasteiger partial charge in [-0.15, -0.1) is 0 Å². The fourth-order valence-corrected chi connectivity index (χ4v) is 2.83. The van der Waals surface area contributed by atoms with Crippen molar-refractivity contribution in [2.75, 3.05) is 0 Å². The summed E-state index contributed by atoms with van der Waals surface area (Å²) in [5.41, 5.74) is 1.20. The minimum atomic E-state index is -0.778. The lowest BCUT2D eigenvalue weighted by Crippen LogP contribution is -2.38. The maximum atomic E-state index is 12.0. The number of carbonyl (C=O) groups is 2. The highest BCUT2D eigenvalue weighted by molar-refractivity contribution is 5.68.